The van der Waals surface area contributed by atoms with Gasteiger partial charge in [0.1, 0.15) is 5.60 Å². The molecule has 28 heavy (non-hydrogen) atoms. The molecule has 4 N–H and O–H groups in total. The van der Waals surface area contributed by atoms with Crippen molar-refractivity contribution in [3.63, 3.8) is 0 Å². The molecule has 0 amide bonds. The van der Waals surface area contributed by atoms with Gasteiger partial charge in [0.2, 0.25) is 0 Å². The molecule has 2 saturated carbocycles. The third-order valence-electron chi connectivity index (χ3n) is 7.91. The summed E-state index contributed by atoms with van der Waals surface area (Å²) in [5.74, 6) is -1.60. The maximum atomic E-state index is 12.7. The summed E-state index contributed by atoms with van der Waals surface area (Å²) < 4.78 is 11.1. The summed E-state index contributed by atoms with van der Waals surface area (Å²) in [6, 6.07) is 1.78. The first kappa shape index (κ1) is 20.3. The number of hydrogen-bond donors (Lipinski definition) is 4. The van der Waals surface area contributed by atoms with Gasteiger partial charge in [-0.25, -0.2) is 0 Å². The summed E-state index contributed by atoms with van der Waals surface area (Å²) in [6.07, 6.45) is 1.44. The number of carbonyl (C=O) groups is 1. The topological polar surface area (TPSA) is 120 Å². The fourth-order valence-electron chi connectivity index (χ4n) is 6.36. The number of aliphatic hydroxyl groups is 4. The largest absolute Gasteiger partial charge is 0.472 e. The third-order valence-corrected chi connectivity index (χ3v) is 8.30. The van der Waals surface area contributed by atoms with E-state index in [1.807, 2.05) is 6.92 Å². The lowest BCUT2D eigenvalue weighted by Gasteiger charge is -2.64. The Labute approximate surface area is 168 Å². The van der Waals surface area contributed by atoms with Crippen molar-refractivity contribution in [2.75, 3.05) is 12.5 Å². The zero-order valence-electron chi connectivity index (χ0n) is 15.8. The molecule has 0 bridgehead atoms. The van der Waals surface area contributed by atoms with Gasteiger partial charge in [-0.05, 0) is 37.2 Å². The zero-order valence-corrected chi connectivity index (χ0v) is 16.5. The standard InChI is InChI=1S/C20H27ClO7/c1-11-6-16(24)19(10-22)14(2-3-15(23)20(19,26)9-21)18(11)7-13(28-17(18)25)12-4-5-27-8-12/h4-5,8,11,13-14,16-17,22,24-26H,2-3,6-7,9-10H2,1H3. The van der Waals surface area contributed by atoms with Crippen LogP contribution in [0.4, 0.5) is 0 Å². The molecule has 4 rings (SSSR count). The van der Waals surface area contributed by atoms with E-state index in [0.29, 0.717) is 12.8 Å². The van der Waals surface area contributed by atoms with Crippen LogP contribution in [0.2, 0.25) is 0 Å². The average Bonchev–Trinajstić information content (AvgIpc) is 3.31. The second-order valence-electron chi connectivity index (χ2n) is 8.71. The molecule has 1 aliphatic heterocycles. The molecular weight excluding hydrogens is 388 g/mol. The lowest BCUT2D eigenvalue weighted by Crippen LogP contribution is -2.74. The smallest absolute Gasteiger partial charge is 0.166 e. The van der Waals surface area contributed by atoms with Gasteiger partial charge >= 0.3 is 0 Å². The second-order valence-corrected chi connectivity index (χ2v) is 8.98. The Balaban J connectivity index is 1.84. The van der Waals surface area contributed by atoms with Crippen molar-refractivity contribution in [2.24, 2.45) is 22.7 Å². The van der Waals surface area contributed by atoms with Gasteiger partial charge in [0.25, 0.3) is 0 Å². The molecule has 8 heteroatoms. The van der Waals surface area contributed by atoms with Crippen molar-refractivity contribution in [1.82, 2.24) is 0 Å². The first-order valence-corrected chi connectivity index (χ1v) is 10.3. The Hall–Kier alpha value is -0.960. The predicted octanol–water partition coefficient (Wildman–Crippen LogP) is 1.37. The number of ether oxygens (including phenoxy) is 1. The Kier molecular flexibility index (Phi) is 4.93. The Morgan fingerprint density at radius 1 is 1.36 bits per heavy atom. The molecule has 1 aromatic rings. The summed E-state index contributed by atoms with van der Waals surface area (Å²) in [5, 5.41) is 43.8. The molecule has 3 aliphatic rings. The summed E-state index contributed by atoms with van der Waals surface area (Å²) in [5.41, 5.74) is -3.66. The highest BCUT2D eigenvalue weighted by molar-refractivity contribution is 6.20. The number of rotatable bonds is 3. The van der Waals surface area contributed by atoms with Crippen molar-refractivity contribution in [3.8, 4) is 0 Å². The molecule has 8 atom stereocenters. The van der Waals surface area contributed by atoms with Crippen molar-refractivity contribution < 1.29 is 34.4 Å². The molecule has 0 radical (unpaired) electrons. The van der Waals surface area contributed by atoms with E-state index in [-0.39, 0.29) is 18.8 Å². The van der Waals surface area contributed by atoms with Gasteiger partial charge in [-0.2, -0.15) is 0 Å². The Morgan fingerprint density at radius 3 is 2.71 bits per heavy atom. The van der Waals surface area contributed by atoms with Gasteiger partial charge in [0.15, 0.2) is 12.1 Å². The van der Waals surface area contributed by atoms with Crippen LogP contribution in [0.15, 0.2) is 23.0 Å². The van der Waals surface area contributed by atoms with E-state index < -0.39 is 59.1 Å². The monoisotopic (exact) mass is 414 g/mol. The van der Waals surface area contributed by atoms with Crippen molar-refractivity contribution in [1.29, 1.82) is 0 Å². The number of furan rings is 1. The third kappa shape index (κ3) is 2.32. The Bertz CT molecular complexity index is 739. The molecular formula is C20H27ClO7. The SMILES string of the molecule is CC1CC(O)C2(CO)C(CCC(=O)C2(O)CCl)C12CC(c1ccoc1)OC2O. The van der Waals surface area contributed by atoms with Crippen LogP contribution in [-0.4, -0.2) is 56.7 Å². The van der Waals surface area contributed by atoms with Crippen LogP contribution in [0.1, 0.15) is 44.3 Å². The van der Waals surface area contributed by atoms with E-state index in [1.165, 1.54) is 6.26 Å². The van der Waals surface area contributed by atoms with Gasteiger partial charge in [-0.1, -0.05) is 6.92 Å². The molecule has 2 aliphatic carbocycles. The van der Waals surface area contributed by atoms with E-state index in [1.54, 1.807) is 12.3 Å². The quantitative estimate of drug-likeness (QED) is 0.551. The second kappa shape index (κ2) is 6.79. The molecule has 1 saturated heterocycles. The molecule has 1 aromatic heterocycles. The van der Waals surface area contributed by atoms with Crippen LogP contribution in [0.5, 0.6) is 0 Å². The minimum absolute atomic E-state index is 0.0694. The molecule has 0 aromatic carbocycles. The Morgan fingerprint density at radius 2 is 2.11 bits per heavy atom. The number of halogens is 1. The lowest BCUT2D eigenvalue weighted by molar-refractivity contribution is -0.279. The van der Waals surface area contributed by atoms with Gasteiger partial charge in [-0.15, -0.1) is 11.6 Å². The van der Waals surface area contributed by atoms with Crippen LogP contribution < -0.4 is 0 Å². The van der Waals surface area contributed by atoms with Crippen molar-refractivity contribution in [2.45, 2.75) is 56.7 Å². The highest BCUT2D eigenvalue weighted by Crippen LogP contribution is 2.68. The first-order valence-electron chi connectivity index (χ1n) is 9.74. The molecule has 8 unspecified atom stereocenters. The molecule has 1 spiro atoms. The van der Waals surface area contributed by atoms with E-state index in [9.17, 15) is 25.2 Å². The van der Waals surface area contributed by atoms with Crippen LogP contribution >= 0.6 is 11.6 Å². The molecule has 156 valence electrons. The molecule has 7 nitrogen and oxygen atoms in total. The minimum Gasteiger partial charge on any atom is -0.472 e. The fourth-order valence-corrected chi connectivity index (χ4v) is 6.76. The number of ketones is 1. The van der Waals surface area contributed by atoms with Crippen molar-refractivity contribution in [3.05, 3.63) is 24.2 Å². The normalized spacial score (nSPS) is 48.8. The van der Waals surface area contributed by atoms with Gasteiger partial charge in [0.05, 0.1) is 42.6 Å². The average molecular weight is 415 g/mol. The number of Topliss-reactive ketones (excluding diaryl/α,β-unsaturated/α-hetero) is 1. The van der Waals surface area contributed by atoms with E-state index in [0.717, 1.165) is 5.56 Å². The summed E-state index contributed by atoms with van der Waals surface area (Å²) in [6.45, 7) is 1.33. The molecule has 2 heterocycles. The van der Waals surface area contributed by atoms with Crippen LogP contribution in [0, 0.1) is 22.7 Å². The molecule has 3 fully saturated rings. The maximum Gasteiger partial charge on any atom is 0.166 e. The first-order chi connectivity index (χ1) is 13.3. The van der Waals surface area contributed by atoms with Crippen LogP contribution in [-0.2, 0) is 9.53 Å². The van der Waals surface area contributed by atoms with Crippen LogP contribution in [0.25, 0.3) is 0 Å². The minimum atomic E-state index is -2.06. The van der Waals surface area contributed by atoms with Crippen molar-refractivity contribution >= 4 is 17.4 Å². The summed E-state index contributed by atoms with van der Waals surface area (Å²) in [4.78, 5) is 12.7. The maximum absolute atomic E-state index is 12.7. The summed E-state index contributed by atoms with van der Waals surface area (Å²) in [7, 11) is 0. The number of hydrogen-bond acceptors (Lipinski definition) is 7. The number of carbonyl (C=O) groups excluding carboxylic acids is 1. The van der Waals surface area contributed by atoms with E-state index >= 15 is 0 Å². The number of aliphatic hydroxyl groups excluding tert-OH is 3. The highest BCUT2D eigenvalue weighted by Gasteiger charge is 2.74. The fraction of sp³-hybridized carbons (Fsp3) is 0.750. The van der Waals surface area contributed by atoms with Gasteiger partial charge in [-0.3, -0.25) is 4.79 Å². The van der Waals surface area contributed by atoms with Crippen LogP contribution in [0.3, 0.4) is 0 Å². The van der Waals surface area contributed by atoms with E-state index in [4.69, 9.17) is 20.8 Å². The lowest BCUT2D eigenvalue weighted by atomic mass is 9.41. The highest BCUT2D eigenvalue weighted by atomic mass is 35.5. The predicted molar refractivity (Wildman–Crippen MR) is 98.3 cm³/mol. The zero-order chi connectivity index (χ0) is 20.3. The summed E-state index contributed by atoms with van der Waals surface area (Å²) >= 11 is 6.05. The van der Waals surface area contributed by atoms with Gasteiger partial charge < -0.3 is 29.6 Å². The number of alkyl halides is 1. The van der Waals surface area contributed by atoms with Gasteiger partial charge in [0, 0.05) is 17.4 Å². The number of fused-ring (bicyclic) bond motifs is 2. The van der Waals surface area contributed by atoms with E-state index in [2.05, 4.69) is 0 Å².